The summed E-state index contributed by atoms with van der Waals surface area (Å²) in [4.78, 5) is 11.2. The second kappa shape index (κ2) is 9.53. The van der Waals surface area contributed by atoms with Gasteiger partial charge in [0.1, 0.15) is 12.4 Å². The molecule has 0 saturated carbocycles. The van der Waals surface area contributed by atoms with E-state index in [9.17, 15) is 4.79 Å². The van der Waals surface area contributed by atoms with E-state index in [4.69, 9.17) is 9.47 Å². The highest BCUT2D eigenvalue weighted by molar-refractivity contribution is 5.73. The Hall–Kier alpha value is -1.39. The van der Waals surface area contributed by atoms with Crippen molar-refractivity contribution in [2.45, 2.75) is 26.2 Å². The van der Waals surface area contributed by atoms with Crippen LogP contribution in [0.5, 0.6) is 5.75 Å². The fraction of sp³-hybridized carbons (Fsp3) is 0.533. The first kappa shape index (κ1) is 15.7. The number of benzene rings is 1. The third-order valence-electron chi connectivity index (χ3n) is 2.71. The predicted molar refractivity (Wildman–Crippen MR) is 75.4 cm³/mol. The zero-order valence-electron chi connectivity index (χ0n) is 11.8. The van der Waals surface area contributed by atoms with E-state index in [-0.39, 0.29) is 12.6 Å². The van der Waals surface area contributed by atoms with Gasteiger partial charge in [0.05, 0.1) is 0 Å². The van der Waals surface area contributed by atoms with Gasteiger partial charge in [-0.2, -0.15) is 0 Å². The standard InChI is InChI=1S/C15H23NO3/c1-3-4-10-16-11-9-13-5-7-14(8-6-13)19-15(17)12-18-2/h5-8,16H,3-4,9-12H2,1-2H3. The monoisotopic (exact) mass is 265 g/mol. The number of esters is 1. The number of hydrogen-bond acceptors (Lipinski definition) is 4. The summed E-state index contributed by atoms with van der Waals surface area (Å²) in [5.74, 6) is 0.182. The smallest absolute Gasteiger partial charge is 0.337 e. The number of carbonyl (C=O) groups excluding carboxylic acids is 1. The summed E-state index contributed by atoms with van der Waals surface area (Å²) in [5.41, 5.74) is 1.23. The van der Waals surface area contributed by atoms with Gasteiger partial charge in [0.25, 0.3) is 0 Å². The largest absolute Gasteiger partial charge is 0.425 e. The first-order chi connectivity index (χ1) is 9.26. The van der Waals surface area contributed by atoms with Crippen molar-refractivity contribution in [3.05, 3.63) is 29.8 Å². The van der Waals surface area contributed by atoms with E-state index in [2.05, 4.69) is 12.2 Å². The molecule has 4 nitrogen and oxygen atoms in total. The average Bonchev–Trinajstić information content (AvgIpc) is 2.41. The molecular formula is C15H23NO3. The molecule has 1 aromatic rings. The molecule has 0 aliphatic carbocycles. The number of rotatable bonds is 9. The normalized spacial score (nSPS) is 10.4. The summed E-state index contributed by atoms with van der Waals surface area (Å²) >= 11 is 0. The molecule has 0 fully saturated rings. The minimum Gasteiger partial charge on any atom is -0.425 e. The van der Waals surface area contributed by atoms with Crippen LogP contribution in [0.1, 0.15) is 25.3 Å². The molecule has 1 aromatic carbocycles. The zero-order chi connectivity index (χ0) is 13.9. The van der Waals surface area contributed by atoms with Crippen LogP contribution in [0.25, 0.3) is 0 Å². The molecule has 0 aliphatic rings. The predicted octanol–water partition coefficient (Wildman–Crippen LogP) is 2.17. The van der Waals surface area contributed by atoms with Crippen molar-refractivity contribution in [3.8, 4) is 5.75 Å². The molecule has 0 heterocycles. The lowest BCUT2D eigenvalue weighted by Crippen LogP contribution is -2.18. The second-order valence-corrected chi connectivity index (χ2v) is 4.40. The summed E-state index contributed by atoms with van der Waals surface area (Å²) in [5, 5.41) is 3.40. The third-order valence-corrected chi connectivity index (χ3v) is 2.71. The van der Waals surface area contributed by atoms with Crippen molar-refractivity contribution in [1.29, 1.82) is 0 Å². The van der Waals surface area contributed by atoms with Crippen LogP contribution in [-0.4, -0.2) is 32.8 Å². The second-order valence-electron chi connectivity index (χ2n) is 4.40. The fourth-order valence-corrected chi connectivity index (χ4v) is 1.66. The topological polar surface area (TPSA) is 47.6 Å². The van der Waals surface area contributed by atoms with Crippen molar-refractivity contribution in [1.82, 2.24) is 5.32 Å². The molecule has 0 aliphatic heterocycles. The van der Waals surface area contributed by atoms with E-state index >= 15 is 0 Å². The van der Waals surface area contributed by atoms with E-state index < -0.39 is 0 Å². The lowest BCUT2D eigenvalue weighted by molar-refractivity contribution is -0.138. The number of hydrogen-bond donors (Lipinski definition) is 1. The average molecular weight is 265 g/mol. The number of ether oxygens (including phenoxy) is 2. The molecule has 0 amide bonds. The van der Waals surface area contributed by atoms with Gasteiger partial charge in [-0.05, 0) is 43.6 Å². The Morgan fingerprint density at radius 2 is 1.95 bits per heavy atom. The molecule has 0 aromatic heterocycles. The first-order valence-corrected chi connectivity index (χ1v) is 6.75. The lowest BCUT2D eigenvalue weighted by Gasteiger charge is -2.06. The van der Waals surface area contributed by atoms with E-state index in [1.807, 2.05) is 24.3 Å². The lowest BCUT2D eigenvalue weighted by atomic mass is 10.1. The molecule has 4 heteroatoms. The number of methoxy groups -OCH3 is 1. The van der Waals surface area contributed by atoms with E-state index in [1.165, 1.54) is 25.5 Å². The fourth-order valence-electron chi connectivity index (χ4n) is 1.66. The minimum absolute atomic E-state index is 0.0247. The molecule has 1 rings (SSSR count). The van der Waals surface area contributed by atoms with Crippen LogP contribution in [0.15, 0.2) is 24.3 Å². The van der Waals surface area contributed by atoms with Crippen molar-refractivity contribution in [3.63, 3.8) is 0 Å². The molecule has 0 saturated heterocycles. The molecule has 0 spiro atoms. The van der Waals surface area contributed by atoms with Gasteiger partial charge in [-0.3, -0.25) is 0 Å². The quantitative estimate of drug-likeness (QED) is 0.422. The first-order valence-electron chi connectivity index (χ1n) is 6.75. The molecule has 0 atom stereocenters. The Bertz CT molecular complexity index is 362. The molecule has 106 valence electrons. The van der Waals surface area contributed by atoms with E-state index in [0.717, 1.165) is 19.5 Å². The van der Waals surface area contributed by atoms with Crippen LogP contribution in [0.4, 0.5) is 0 Å². The van der Waals surface area contributed by atoms with Gasteiger partial charge in [0, 0.05) is 7.11 Å². The van der Waals surface area contributed by atoms with Crippen molar-refractivity contribution in [2.75, 3.05) is 26.8 Å². The summed E-state index contributed by atoms with van der Waals surface area (Å²) in [7, 11) is 1.47. The van der Waals surface area contributed by atoms with Crippen molar-refractivity contribution < 1.29 is 14.3 Å². The van der Waals surface area contributed by atoms with Gasteiger partial charge in [-0.15, -0.1) is 0 Å². The van der Waals surface area contributed by atoms with Gasteiger partial charge in [0.15, 0.2) is 0 Å². The highest BCUT2D eigenvalue weighted by Crippen LogP contribution is 2.12. The highest BCUT2D eigenvalue weighted by Gasteiger charge is 2.03. The summed E-state index contributed by atoms with van der Waals surface area (Å²) in [6.07, 6.45) is 3.42. The van der Waals surface area contributed by atoms with Gasteiger partial charge >= 0.3 is 5.97 Å². The molecule has 0 radical (unpaired) electrons. The minimum atomic E-state index is -0.378. The van der Waals surface area contributed by atoms with Gasteiger partial charge in [0.2, 0.25) is 0 Å². The van der Waals surface area contributed by atoms with Crippen LogP contribution in [-0.2, 0) is 16.0 Å². The Balaban J connectivity index is 2.29. The summed E-state index contributed by atoms with van der Waals surface area (Å²) < 4.78 is 9.79. The van der Waals surface area contributed by atoms with E-state index in [1.54, 1.807) is 0 Å². The zero-order valence-corrected chi connectivity index (χ0v) is 11.8. The highest BCUT2D eigenvalue weighted by atomic mass is 16.6. The molecule has 1 N–H and O–H groups in total. The summed E-state index contributed by atoms with van der Waals surface area (Å²) in [6.45, 7) is 4.21. The van der Waals surface area contributed by atoms with Crippen LogP contribution < -0.4 is 10.1 Å². The summed E-state index contributed by atoms with van der Waals surface area (Å²) in [6, 6.07) is 7.59. The maximum Gasteiger partial charge on any atom is 0.337 e. The van der Waals surface area contributed by atoms with Crippen LogP contribution in [0.2, 0.25) is 0 Å². The van der Waals surface area contributed by atoms with Crippen LogP contribution in [0, 0.1) is 0 Å². The van der Waals surface area contributed by atoms with Crippen LogP contribution >= 0.6 is 0 Å². The Kier molecular flexibility index (Phi) is 7.86. The number of carbonyl (C=O) groups is 1. The Labute approximate surface area is 115 Å². The third kappa shape index (κ3) is 6.94. The van der Waals surface area contributed by atoms with Crippen molar-refractivity contribution in [2.24, 2.45) is 0 Å². The molecular weight excluding hydrogens is 242 g/mol. The molecule has 0 bridgehead atoms. The van der Waals surface area contributed by atoms with Gasteiger partial charge < -0.3 is 14.8 Å². The molecule has 19 heavy (non-hydrogen) atoms. The number of unbranched alkanes of at least 4 members (excludes halogenated alkanes) is 1. The van der Waals surface area contributed by atoms with Gasteiger partial charge in [-0.1, -0.05) is 25.5 Å². The Morgan fingerprint density at radius 3 is 2.58 bits per heavy atom. The van der Waals surface area contributed by atoms with Crippen molar-refractivity contribution >= 4 is 5.97 Å². The van der Waals surface area contributed by atoms with E-state index in [0.29, 0.717) is 5.75 Å². The van der Waals surface area contributed by atoms with Crippen LogP contribution in [0.3, 0.4) is 0 Å². The maximum atomic E-state index is 11.2. The Morgan fingerprint density at radius 1 is 1.21 bits per heavy atom. The molecule has 0 unspecified atom stereocenters. The van der Waals surface area contributed by atoms with Gasteiger partial charge in [-0.25, -0.2) is 4.79 Å². The number of nitrogens with one attached hydrogen (secondary N) is 1. The maximum absolute atomic E-state index is 11.2. The SMILES string of the molecule is CCCCNCCc1ccc(OC(=O)COC)cc1.